The van der Waals surface area contributed by atoms with Gasteiger partial charge in [0.15, 0.2) is 5.82 Å². The van der Waals surface area contributed by atoms with Crippen molar-refractivity contribution in [3.05, 3.63) is 54.5 Å². The van der Waals surface area contributed by atoms with Gasteiger partial charge in [0.2, 0.25) is 0 Å². The molecule has 0 aliphatic heterocycles. The molecule has 4 rings (SSSR count). The molecule has 22 heavy (non-hydrogen) atoms. The van der Waals surface area contributed by atoms with Gasteiger partial charge in [0.05, 0.1) is 21.8 Å². The molecule has 0 aliphatic carbocycles. The summed E-state index contributed by atoms with van der Waals surface area (Å²) in [7, 11) is 0. The Balaban J connectivity index is 1.86. The van der Waals surface area contributed by atoms with Crippen LogP contribution in [0, 0.1) is 11.3 Å². The molecule has 0 amide bonds. The van der Waals surface area contributed by atoms with Crippen molar-refractivity contribution in [2.24, 2.45) is 0 Å². The molecular weight excluding hydrogens is 294 g/mol. The zero-order valence-electron chi connectivity index (χ0n) is 11.3. The number of thiophene rings is 1. The van der Waals surface area contributed by atoms with Crippen LogP contribution in [0.2, 0.25) is 0 Å². The number of nitriles is 1. The van der Waals surface area contributed by atoms with Crippen LogP contribution in [0.15, 0.2) is 48.9 Å². The first kappa shape index (κ1) is 12.7. The van der Waals surface area contributed by atoms with E-state index in [1.54, 1.807) is 29.7 Å². The van der Waals surface area contributed by atoms with Crippen molar-refractivity contribution in [2.75, 3.05) is 5.32 Å². The summed E-state index contributed by atoms with van der Waals surface area (Å²) in [6.07, 6.45) is 3.31. The van der Waals surface area contributed by atoms with Gasteiger partial charge >= 0.3 is 0 Å². The van der Waals surface area contributed by atoms with Crippen LogP contribution < -0.4 is 5.32 Å². The third kappa shape index (κ3) is 2.05. The molecule has 0 bridgehead atoms. The Bertz CT molecular complexity index is 1030. The summed E-state index contributed by atoms with van der Waals surface area (Å²) in [6.45, 7) is 0. The number of aromatic nitrogens is 3. The SMILES string of the molecule is N#Cc1cccc(Nc2ncnc3c2sc2ncccc23)c1. The minimum atomic E-state index is 0.605. The second kappa shape index (κ2) is 5.06. The van der Waals surface area contributed by atoms with Gasteiger partial charge in [-0.3, -0.25) is 0 Å². The van der Waals surface area contributed by atoms with Gasteiger partial charge in [0.1, 0.15) is 11.2 Å². The molecule has 0 fully saturated rings. The van der Waals surface area contributed by atoms with E-state index >= 15 is 0 Å². The summed E-state index contributed by atoms with van der Waals surface area (Å²) in [4.78, 5) is 14.0. The van der Waals surface area contributed by atoms with E-state index in [1.165, 1.54) is 6.33 Å². The predicted molar refractivity (Wildman–Crippen MR) is 87.2 cm³/mol. The van der Waals surface area contributed by atoms with Gasteiger partial charge in [0, 0.05) is 17.3 Å². The number of fused-ring (bicyclic) bond motifs is 3. The highest BCUT2D eigenvalue weighted by atomic mass is 32.1. The van der Waals surface area contributed by atoms with Gasteiger partial charge in [-0.05, 0) is 30.3 Å². The second-order valence-electron chi connectivity index (χ2n) is 4.68. The van der Waals surface area contributed by atoms with Crippen molar-refractivity contribution < 1.29 is 0 Å². The Kier molecular flexibility index (Phi) is 2.92. The molecule has 0 spiro atoms. The number of hydrogen-bond donors (Lipinski definition) is 1. The fraction of sp³-hybridized carbons (Fsp3) is 0. The van der Waals surface area contributed by atoms with Gasteiger partial charge in [0.25, 0.3) is 0 Å². The molecule has 0 unspecified atom stereocenters. The van der Waals surface area contributed by atoms with Crippen molar-refractivity contribution in [3.8, 4) is 6.07 Å². The summed E-state index contributed by atoms with van der Waals surface area (Å²) in [5, 5.41) is 13.3. The maximum atomic E-state index is 8.99. The van der Waals surface area contributed by atoms with E-state index in [1.807, 2.05) is 24.3 Å². The normalized spacial score (nSPS) is 10.7. The number of hydrogen-bond acceptors (Lipinski definition) is 6. The van der Waals surface area contributed by atoms with Gasteiger partial charge in [-0.25, -0.2) is 15.0 Å². The fourth-order valence-electron chi connectivity index (χ4n) is 2.30. The lowest BCUT2D eigenvalue weighted by atomic mass is 10.2. The van der Waals surface area contributed by atoms with Crippen molar-refractivity contribution in [2.45, 2.75) is 0 Å². The molecule has 0 saturated carbocycles. The van der Waals surface area contributed by atoms with E-state index in [0.29, 0.717) is 5.56 Å². The number of benzene rings is 1. The predicted octanol–water partition coefficient (Wildman–Crippen LogP) is 3.85. The lowest BCUT2D eigenvalue weighted by molar-refractivity contribution is 1.23. The van der Waals surface area contributed by atoms with Crippen molar-refractivity contribution in [3.63, 3.8) is 0 Å². The number of nitrogens with zero attached hydrogens (tertiary/aromatic N) is 4. The monoisotopic (exact) mass is 303 g/mol. The summed E-state index contributed by atoms with van der Waals surface area (Å²) < 4.78 is 0.957. The van der Waals surface area contributed by atoms with Crippen molar-refractivity contribution >= 4 is 43.3 Å². The molecule has 3 aromatic heterocycles. The average Bonchev–Trinajstić information content (AvgIpc) is 2.95. The molecule has 0 aliphatic rings. The third-order valence-corrected chi connectivity index (χ3v) is 4.39. The van der Waals surface area contributed by atoms with Crippen LogP contribution in [0.25, 0.3) is 20.4 Å². The quantitative estimate of drug-likeness (QED) is 0.608. The summed E-state index contributed by atoms with van der Waals surface area (Å²) >= 11 is 1.55. The zero-order chi connectivity index (χ0) is 14.9. The largest absolute Gasteiger partial charge is 0.339 e. The fourth-order valence-corrected chi connectivity index (χ4v) is 3.34. The summed E-state index contributed by atoms with van der Waals surface area (Å²) in [5.74, 6) is 0.725. The van der Waals surface area contributed by atoms with Gasteiger partial charge in [-0.1, -0.05) is 6.07 Å². The molecule has 5 nitrogen and oxygen atoms in total. The average molecular weight is 303 g/mol. The van der Waals surface area contributed by atoms with Crippen LogP contribution in [-0.2, 0) is 0 Å². The van der Waals surface area contributed by atoms with Crippen LogP contribution in [0.4, 0.5) is 11.5 Å². The Labute approximate surface area is 129 Å². The molecule has 6 heteroatoms. The van der Waals surface area contributed by atoms with E-state index in [4.69, 9.17) is 5.26 Å². The highest BCUT2D eigenvalue weighted by Gasteiger charge is 2.11. The Morgan fingerprint density at radius 2 is 2.05 bits per heavy atom. The first-order valence-electron chi connectivity index (χ1n) is 6.60. The van der Waals surface area contributed by atoms with Crippen LogP contribution in [0.3, 0.4) is 0 Å². The Morgan fingerprint density at radius 3 is 2.95 bits per heavy atom. The maximum absolute atomic E-state index is 8.99. The van der Waals surface area contributed by atoms with Gasteiger partial charge < -0.3 is 5.32 Å². The maximum Gasteiger partial charge on any atom is 0.151 e. The van der Waals surface area contributed by atoms with Crippen LogP contribution in [0.1, 0.15) is 5.56 Å². The minimum absolute atomic E-state index is 0.605. The van der Waals surface area contributed by atoms with Crippen LogP contribution in [0.5, 0.6) is 0 Å². The smallest absolute Gasteiger partial charge is 0.151 e. The number of pyridine rings is 1. The zero-order valence-corrected chi connectivity index (χ0v) is 12.1. The Morgan fingerprint density at radius 1 is 1.09 bits per heavy atom. The molecule has 3 heterocycles. The Hall–Kier alpha value is -3.04. The molecule has 1 aromatic carbocycles. The highest BCUT2D eigenvalue weighted by molar-refractivity contribution is 7.25. The molecular formula is C16H9N5S. The lowest BCUT2D eigenvalue weighted by Crippen LogP contribution is -1.94. The summed E-state index contributed by atoms with van der Waals surface area (Å²) in [5.41, 5.74) is 2.32. The van der Waals surface area contributed by atoms with E-state index < -0.39 is 0 Å². The summed E-state index contributed by atoms with van der Waals surface area (Å²) in [6, 6.07) is 13.3. The first-order valence-corrected chi connectivity index (χ1v) is 7.42. The first-order chi connectivity index (χ1) is 10.8. The minimum Gasteiger partial charge on any atom is -0.339 e. The topological polar surface area (TPSA) is 74.5 Å². The standard InChI is InChI=1S/C16H9N5S/c17-8-10-3-1-4-11(7-10)21-15-14-13(19-9-20-15)12-5-2-6-18-16(12)22-14/h1-7,9H,(H,19,20,21). The molecule has 4 aromatic rings. The van der Waals surface area contributed by atoms with E-state index in [-0.39, 0.29) is 0 Å². The van der Waals surface area contributed by atoms with E-state index in [0.717, 1.165) is 31.9 Å². The molecule has 0 saturated heterocycles. The van der Waals surface area contributed by atoms with E-state index in [9.17, 15) is 0 Å². The van der Waals surface area contributed by atoms with Gasteiger partial charge in [-0.2, -0.15) is 5.26 Å². The molecule has 0 radical (unpaired) electrons. The molecule has 1 N–H and O–H groups in total. The number of rotatable bonds is 2. The highest BCUT2D eigenvalue weighted by Crippen LogP contribution is 2.35. The number of anilines is 2. The van der Waals surface area contributed by atoms with E-state index in [2.05, 4.69) is 26.3 Å². The van der Waals surface area contributed by atoms with Crippen molar-refractivity contribution in [1.29, 1.82) is 5.26 Å². The second-order valence-corrected chi connectivity index (χ2v) is 5.67. The lowest BCUT2D eigenvalue weighted by Gasteiger charge is -2.06. The third-order valence-electron chi connectivity index (χ3n) is 3.28. The molecule has 104 valence electrons. The van der Waals surface area contributed by atoms with Crippen molar-refractivity contribution in [1.82, 2.24) is 15.0 Å². The number of nitrogens with one attached hydrogen (secondary N) is 1. The molecule has 0 atom stereocenters. The van der Waals surface area contributed by atoms with Gasteiger partial charge in [-0.15, -0.1) is 11.3 Å². The van der Waals surface area contributed by atoms with Crippen LogP contribution >= 0.6 is 11.3 Å². The van der Waals surface area contributed by atoms with Crippen LogP contribution in [-0.4, -0.2) is 15.0 Å².